The average molecular weight is 264 g/mol. The summed E-state index contributed by atoms with van der Waals surface area (Å²) in [7, 11) is 0. The van der Waals surface area contributed by atoms with Crippen molar-refractivity contribution < 1.29 is 9.84 Å². The minimum absolute atomic E-state index is 0.168. The van der Waals surface area contributed by atoms with E-state index >= 15 is 0 Å². The van der Waals surface area contributed by atoms with Gasteiger partial charge < -0.3 is 14.7 Å². The first kappa shape index (κ1) is 14.1. The zero-order chi connectivity index (χ0) is 13.5. The first-order valence-electron chi connectivity index (χ1n) is 7.32. The van der Waals surface area contributed by atoms with Gasteiger partial charge >= 0.3 is 0 Å². The highest BCUT2D eigenvalue weighted by Gasteiger charge is 2.24. The number of anilines is 1. The number of aromatic nitrogens is 1. The molecule has 1 aliphatic heterocycles. The van der Waals surface area contributed by atoms with Crippen molar-refractivity contribution in [3.05, 3.63) is 18.3 Å². The molecular formula is C15H24N2O2. The molecule has 1 fully saturated rings. The Kier molecular flexibility index (Phi) is 5.45. The molecule has 2 heterocycles. The van der Waals surface area contributed by atoms with Gasteiger partial charge in [0, 0.05) is 12.7 Å². The second-order valence-corrected chi connectivity index (χ2v) is 5.05. The standard InChI is InChI=1S/C15H24N2O2/c1-2-11-19-14-8-6-9-16-15(14)17-10-5-3-4-7-13(17)12-18/h6,8-9,13,18H,2-5,7,10-12H2,1H3. The van der Waals surface area contributed by atoms with Crippen LogP contribution in [-0.2, 0) is 0 Å². The van der Waals surface area contributed by atoms with Crippen molar-refractivity contribution in [2.24, 2.45) is 0 Å². The van der Waals surface area contributed by atoms with Gasteiger partial charge in [-0.1, -0.05) is 19.8 Å². The second-order valence-electron chi connectivity index (χ2n) is 5.05. The number of pyridine rings is 1. The fraction of sp³-hybridized carbons (Fsp3) is 0.667. The molecule has 0 amide bonds. The van der Waals surface area contributed by atoms with Gasteiger partial charge in [-0.2, -0.15) is 0 Å². The molecule has 0 radical (unpaired) electrons. The van der Waals surface area contributed by atoms with E-state index < -0.39 is 0 Å². The minimum atomic E-state index is 0.168. The Morgan fingerprint density at radius 2 is 2.32 bits per heavy atom. The van der Waals surface area contributed by atoms with E-state index in [1.807, 2.05) is 12.1 Å². The van der Waals surface area contributed by atoms with Crippen LogP contribution in [-0.4, -0.2) is 35.9 Å². The molecule has 0 aromatic carbocycles. The number of aliphatic hydroxyl groups excluding tert-OH is 1. The van der Waals surface area contributed by atoms with Crippen molar-refractivity contribution >= 4 is 5.82 Å². The number of nitrogens with zero attached hydrogens (tertiary/aromatic N) is 2. The normalized spacial score (nSPS) is 20.1. The Balaban J connectivity index is 2.21. The molecule has 0 saturated carbocycles. The summed E-state index contributed by atoms with van der Waals surface area (Å²) in [5.41, 5.74) is 0. The van der Waals surface area contributed by atoms with Gasteiger partial charge in [0.25, 0.3) is 0 Å². The van der Waals surface area contributed by atoms with Crippen LogP contribution in [0.15, 0.2) is 18.3 Å². The van der Waals surface area contributed by atoms with Crippen molar-refractivity contribution in [3.8, 4) is 5.75 Å². The topological polar surface area (TPSA) is 45.6 Å². The van der Waals surface area contributed by atoms with E-state index in [4.69, 9.17) is 4.74 Å². The van der Waals surface area contributed by atoms with Crippen LogP contribution in [0, 0.1) is 0 Å². The van der Waals surface area contributed by atoms with Crippen molar-refractivity contribution in [1.29, 1.82) is 0 Å². The monoisotopic (exact) mass is 264 g/mol. The lowest BCUT2D eigenvalue weighted by molar-refractivity contribution is 0.253. The molecule has 1 unspecified atom stereocenters. The lowest BCUT2D eigenvalue weighted by Gasteiger charge is -2.30. The summed E-state index contributed by atoms with van der Waals surface area (Å²) in [5.74, 6) is 1.72. The average Bonchev–Trinajstić information content (AvgIpc) is 2.70. The molecule has 1 atom stereocenters. The zero-order valence-electron chi connectivity index (χ0n) is 11.7. The predicted molar refractivity (Wildman–Crippen MR) is 76.7 cm³/mol. The van der Waals surface area contributed by atoms with E-state index in [2.05, 4.69) is 16.8 Å². The number of aliphatic hydroxyl groups is 1. The van der Waals surface area contributed by atoms with Gasteiger partial charge in [0.2, 0.25) is 0 Å². The molecule has 1 aromatic heterocycles. The highest BCUT2D eigenvalue weighted by molar-refractivity contribution is 5.53. The molecule has 1 aliphatic rings. The quantitative estimate of drug-likeness (QED) is 0.888. The summed E-state index contributed by atoms with van der Waals surface area (Å²) in [6, 6.07) is 4.04. The molecule has 4 nitrogen and oxygen atoms in total. The van der Waals surface area contributed by atoms with Crippen LogP contribution in [0.5, 0.6) is 5.75 Å². The van der Waals surface area contributed by atoms with E-state index in [-0.39, 0.29) is 12.6 Å². The third kappa shape index (κ3) is 3.60. The second kappa shape index (κ2) is 7.34. The Morgan fingerprint density at radius 3 is 3.11 bits per heavy atom. The summed E-state index contributed by atoms with van der Waals surface area (Å²) in [5, 5.41) is 9.60. The maximum Gasteiger partial charge on any atom is 0.171 e. The third-order valence-corrected chi connectivity index (χ3v) is 3.57. The highest BCUT2D eigenvalue weighted by atomic mass is 16.5. The molecule has 0 bridgehead atoms. The number of hydrogen-bond acceptors (Lipinski definition) is 4. The fourth-order valence-electron chi connectivity index (χ4n) is 2.57. The summed E-state index contributed by atoms with van der Waals surface area (Å²) in [4.78, 5) is 6.71. The fourth-order valence-corrected chi connectivity index (χ4v) is 2.57. The molecule has 19 heavy (non-hydrogen) atoms. The first-order valence-corrected chi connectivity index (χ1v) is 7.32. The maximum absolute atomic E-state index is 9.60. The van der Waals surface area contributed by atoms with E-state index in [1.165, 1.54) is 12.8 Å². The summed E-state index contributed by atoms with van der Waals surface area (Å²) >= 11 is 0. The van der Waals surface area contributed by atoms with Crippen LogP contribution in [0.25, 0.3) is 0 Å². The lowest BCUT2D eigenvalue weighted by atomic mass is 10.1. The van der Waals surface area contributed by atoms with Crippen molar-refractivity contribution in [2.45, 2.75) is 45.1 Å². The summed E-state index contributed by atoms with van der Waals surface area (Å²) in [6.45, 7) is 3.93. The predicted octanol–water partition coefficient (Wildman–Crippen LogP) is 2.61. The van der Waals surface area contributed by atoms with E-state index in [1.54, 1.807) is 6.20 Å². The smallest absolute Gasteiger partial charge is 0.171 e. The highest BCUT2D eigenvalue weighted by Crippen LogP contribution is 2.30. The molecule has 0 aliphatic carbocycles. The minimum Gasteiger partial charge on any atom is -0.490 e. The molecular weight excluding hydrogens is 240 g/mol. The molecule has 2 rings (SSSR count). The number of rotatable bonds is 5. The van der Waals surface area contributed by atoms with Crippen LogP contribution in [0.2, 0.25) is 0 Å². The van der Waals surface area contributed by atoms with Crippen LogP contribution in [0.4, 0.5) is 5.82 Å². The Hall–Kier alpha value is -1.29. The van der Waals surface area contributed by atoms with Crippen LogP contribution in [0.3, 0.4) is 0 Å². The molecule has 1 N–H and O–H groups in total. The Morgan fingerprint density at radius 1 is 1.42 bits per heavy atom. The Labute approximate surface area is 115 Å². The van der Waals surface area contributed by atoms with E-state index in [0.29, 0.717) is 6.61 Å². The molecule has 0 spiro atoms. The van der Waals surface area contributed by atoms with Gasteiger partial charge in [0.05, 0.1) is 19.3 Å². The van der Waals surface area contributed by atoms with Crippen LogP contribution in [0.1, 0.15) is 39.0 Å². The van der Waals surface area contributed by atoms with Crippen molar-refractivity contribution in [2.75, 3.05) is 24.7 Å². The third-order valence-electron chi connectivity index (χ3n) is 3.57. The van der Waals surface area contributed by atoms with Gasteiger partial charge in [-0.3, -0.25) is 0 Å². The van der Waals surface area contributed by atoms with Crippen molar-refractivity contribution in [1.82, 2.24) is 4.98 Å². The zero-order valence-corrected chi connectivity index (χ0v) is 11.7. The molecule has 1 saturated heterocycles. The van der Waals surface area contributed by atoms with E-state index in [9.17, 15) is 5.11 Å². The van der Waals surface area contributed by atoms with Gasteiger partial charge in [0.1, 0.15) is 0 Å². The van der Waals surface area contributed by atoms with Gasteiger partial charge in [-0.15, -0.1) is 0 Å². The summed E-state index contributed by atoms with van der Waals surface area (Å²) in [6.07, 6.45) is 7.37. The van der Waals surface area contributed by atoms with Gasteiger partial charge in [-0.05, 0) is 31.4 Å². The van der Waals surface area contributed by atoms with Gasteiger partial charge in [-0.25, -0.2) is 4.98 Å². The molecule has 4 heteroatoms. The largest absolute Gasteiger partial charge is 0.490 e. The summed E-state index contributed by atoms with van der Waals surface area (Å²) < 4.78 is 5.79. The number of ether oxygens (including phenoxy) is 1. The van der Waals surface area contributed by atoms with Crippen LogP contribution >= 0.6 is 0 Å². The van der Waals surface area contributed by atoms with Crippen molar-refractivity contribution in [3.63, 3.8) is 0 Å². The number of hydrogen-bond donors (Lipinski definition) is 1. The first-order chi connectivity index (χ1) is 9.36. The lowest BCUT2D eigenvalue weighted by Crippen LogP contribution is -2.38. The molecule has 106 valence electrons. The SMILES string of the molecule is CCCOc1cccnc1N1CCCCCC1CO. The van der Waals surface area contributed by atoms with Gasteiger partial charge in [0.15, 0.2) is 11.6 Å². The van der Waals surface area contributed by atoms with Crippen LogP contribution < -0.4 is 9.64 Å². The van der Waals surface area contributed by atoms with E-state index in [0.717, 1.165) is 37.4 Å². The molecule has 1 aromatic rings. The Bertz CT molecular complexity index is 384. The maximum atomic E-state index is 9.60.